The fourth-order valence-corrected chi connectivity index (χ4v) is 3.56. The molecule has 0 unspecified atom stereocenters. The normalized spacial score (nSPS) is 17.4. The molecule has 154 valence electrons. The fraction of sp³-hybridized carbons (Fsp3) is 0.200. The molecular weight excluding hydrogens is 502 g/mol. The number of carbonyl (C=O) groups is 1. The van der Waals surface area contributed by atoms with E-state index in [1.807, 2.05) is 6.07 Å². The molecule has 1 aliphatic rings. The van der Waals surface area contributed by atoms with Crippen LogP contribution in [0.3, 0.4) is 0 Å². The van der Waals surface area contributed by atoms with Crippen molar-refractivity contribution in [3.63, 3.8) is 0 Å². The summed E-state index contributed by atoms with van der Waals surface area (Å²) < 4.78 is 23.9. The summed E-state index contributed by atoms with van der Waals surface area (Å²) in [5, 5.41) is 9.52. The zero-order valence-electron chi connectivity index (χ0n) is 16.2. The van der Waals surface area contributed by atoms with Gasteiger partial charge in [0.1, 0.15) is 18.0 Å². The summed E-state index contributed by atoms with van der Waals surface area (Å²) in [5.41, 5.74) is 14.0. The lowest BCUT2D eigenvalue weighted by Gasteiger charge is -2.25. The van der Waals surface area contributed by atoms with Crippen LogP contribution in [0.4, 0.5) is 10.2 Å². The number of amides is 1. The van der Waals surface area contributed by atoms with Crippen LogP contribution in [0.2, 0.25) is 0 Å². The number of nitriles is 1. The van der Waals surface area contributed by atoms with E-state index in [2.05, 4.69) is 8.19 Å². The first-order valence-electron chi connectivity index (χ1n) is 8.82. The molecule has 1 aliphatic heterocycles. The van der Waals surface area contributed by atoms with Crippen molar-refractivity contribution in [1.29, 1.82) is 5.26 Å². The maximum absolute atomic E-state index is 13.9. The van der Waals surface area contributed by atoms with Crippen molar-refractivity contribution in [2.75, 3.05) is 19.3 Å². The molecule has 8 nitrogen and oxygen atoms in total. The van der Waals surface area contributed by atoms with Crippen LogP contribution in [-0.4, -0.2) is 35.1 Å². The Morgan fingerprint density at radius 1 is 1.43 bits per heavy atom. The maximum Gasteiger partial charge on any atom is 0.254 e. The number of likely N-dealkylation sites (N-methyl/N-ethyl adjacent to an activating group) is 1. The van der Waals surface area contributed by atoms with Gasteiger partial charge >= 0.3 is 0 Å². The Balaban J connectivity index is 2.29. The van der Waals surface area contributed by atoms with Gasteiger partial charge in [0.25, 0.3) is 5.91 Å². The topological polar surface area (TPSA) is 131 Å². The van der Waals surface area contributed by atoms with Gasteiger partial charge in [-0.15, -0.1) is 0 Å². The minimum Gasteiger partial charge on any atom is -0.482 e. The number of fused-ring (bicyclic) bond motifs is 3. The quantitative estimate of drug-likeness (QED) is 0.439. The van der Waals surface area contributed by atoms with E-state index in [0.29, 0.717) is 16.7 Å². The van der Waals surface area contributed by atoms with Gasteiger partial charge < -0.3 is 21.1 Å². The highest BCUT2D eigenvalue weighted by atomic mass is 127. The lowest BCUT2D eigenvalue weighted by Crippen LogP contribution is -2.33. The highest BCUT2D eigenvalue weighted by Gasteiger charge is 2.25. The number of nitrogens with two attached hydrogens (primary N) is 2. The predicted molar refractivity (Wildman–Crippen MR) is 119 cm³/mol. The first kappa shape index (κ1) is 21.5. The molecule has 2 aromatic rings. The Labute approximate surface area is 186 Å². The summed E-state index contributed by atoms with van der Waals surface area (Å²) >= 11 is 1.71. The third-order valence-corrected chi connectivity index (χ3v) is 5.14. The number of nitrogens with zero attached hydrogens (tertiary/aromatic N) is 4. The van der Waals surface area contributed by atoms with Crippen LogP contribution >= 0.6 is 22.9 Å². The van der Waals surface area contributed by atoms with Crippen molar-refractivity contribution in [1.82, 2.24) is 9.88 Å². The molecule has 0 saturated heterocycles. The van der Waals surface area contributed by atoms with Gasteiger partial charge in [-0.3, -0.25) is 4.79 Å². The van der Waals surface area contributed by atoms with E-state index in [1.165, 1.54) is 29.3 Å². The van der Waals surface area contributed by atoms with Crippen molar-refractivity contribution < 1.29 is 13.9 Å². The van der Waals surface area contributed by atoms with Crippen LogP contribution in [0.25, 0.3) is 5.57 Å². The molecule has 2 bridgehead atoms. The van der Waals surface area contributed by atoms with Gasteiger partial charge in [0.15, 0.2) is 17.3 Å². The second-order valence-corrected chi connectivity index (χ2v) is 7.19. The first-order chi connectivity index (χ1) is 14.3. The van der Waals surface area contributed by atoms with E-state index in [4.69, 9.17) is 16.2 Å². The SMILES string of the molecule is C[C@H]1Oc2cc(cnc2N)C(C(C#N)=NI)=C(N)CN(C)C(=O)c2ccc(F)cc21. The predicted octanol–water partition coefficient (Wildman–Crippen LogP) is 3.01. The zero-order chi connectivity index (χ0) is 22.0. The van der Waals surface area contributed by atoms with E-state index in [-0.39, 0.29) is 41.0 Å². The highest BCUT2D eigenvalue weighted by Crippen LogP contribution is 2.32. The van der Waals surface area contributed by atoms with Gasteiger partial charge in [0.05, 0.1) is 29.4 Å². The molecule has 0 fully saturated rings. The molecule has 30 heavy (non-hydrogen) atoms. The molecule has 4 N–H and O–H groups in total. The van der Waals surface area contributed by atoms with E-state index in [0.717, 1.165) is 0 Å². The Hall–Kier alpha value is -3.20. The number of hydrogen-bond donors (Lipinski definition) is 2. The lowest BCUT2D eigenvalue weighted by molar-refractivity contribution is 0.0801. The number of halogens is 2. The molecular formula is C20H18FIN6O2. The number of ether oxygens (including phenoxy) is 1. The van der Waals surface area contributed by atoms with E-state index < -0.39 is 11.9 Å². The van der Waals surface area contributed by atoms with E-state index >= 15 is 0 Å². The van der Waals surface area contributed by atoms with Gasteiger partial charge in [0.2, 0.25) is 0 Å². The standard InChI is InChI=1S/C20H18FIN6O2/c1-10-14-6-12(21)3-4-13(14)20(29)28(2)9-15(24)18(16(7-23)27-22)11-5-17(30-10)19(25)26-8-11/h3-6,8,10H,9,24H2,1-2H3,(H2,25,26)/t10-/m1/s1. The van der Waals surface area contributed by atoms with Crippen molar-refractivity contribution in [3.8, 4) is 11.8 Å². The molecule has 0 spiro atoms. The number of anilines is 1. The van der Waals surface area contributed by atoms with Crippen LogP contribution in [0, 0.1) is 17.1 Å². The third-order valence-electron chi connectivity index (χ3n) is 4.66. The summed E-state index contributed by atoms with van der Waals surface area (Å²) in [7, 11) is 1.57. The summed E-state index contributed by atoms with van der Waals surface area (Å²) in [6.45, 7) is 1.69. The smallest absolute Gasteiger partial charge is 0.254 e. The molecule has 1 atom stereocenters. The third kappa shape index (κ3) is 4.06. The summed E-state index contributed by atoms with van der Waals surface area (Å²) in [4.78, 5) is 18.6. The minimum atomic E-state index is -0.703. The Kier molecular flexibility index (Phi) is 6.21. The number of benzene rings is 1. The average molecular weight is 520 g/mol. The van der Waals surface area contributed by atoms with Gasteiger partial charge in [-0.1, -0.05) is 0 Å². The van der Waals surface area contributed by atoms with Gasteiger partial charge in [-0.25, -0.2) is 12.6 Å². The van der Waals surface area contributed by atoms with E-state index in [1.54, 1.807) is 42.9 Å². The number of nitrogen functional groups attached to an aromatic ring is 1. The van der Waals surface area contributed by atoms with Crippen LogP contribution in [0.1, 0.15) is 34.5 Å². The van der Waals surface area contributed by atoms with Crippen molar-refractivity contribution in [2.24, 2.45) is 8.94 Å². The van der Waals surface area contributed by atoms with Crippen LogP contribution in [0.5, 0.6) is 5.75 Å². The number of carbonyl (C=O) groups excluding carboxylic acids is 1. The summed E-state index contributed by atoms with van der Waals surface area (Å²) in [6, 6.07) is 7.47. The Bertz CT molecular complexity index is 1120. The summed E-state index contributed by atoms with van der Waals surface area (Å²) in [6.07, 6.45) is 0.750. The van der Waals surface area contributed by atoms with Crippen LogP contribution < -0.4 is 16.2 Å². The van der Waals surface area contributed by atoms with Crippen molar-refractivity contribution in [2.45, 2.75) is 13.0 Å². The van der Waals surface area contributed by atoms with Crippen LogP contribution in [0.15, 0.2) is 39.4 Å². The molecule has 2 heterocycles. The van der Waals surface area contributed by atoms with Gasteiger partial charge in [-0.2, -0.15) is 5.26 Å². The molecule has 1 aromatic carbocycles. The number of pyridine rings is 1. The second-order valence-electron chi connectivity index (χ2n) is 6.71. The molecule has 1 aromatic heterocycles. The Morgan fingerprint density at radius 3 is 2.83 bits per heavy atom. The number of allylic oxidation sites excluding steroid dienone is 1. The first-order valence-corrected chi connectivity index (χ1v) is 9.78. The fourth-order valence-electron chi connectivity index (χ4n) is 3.21. The van der Waals surface area contributed by atoms with E-state index in [9.17, 15) is 14.4 Å². The zero-order valence-corrected chi connectivity index (χ0v) is 18.3. The van der Waals surface area contributed by atoms with Crippen molar-refractivity contribution >= 4 is 45.9 Å². The molecule has 10 heteroatoms. The van der Waals surface area contributed by atoms with Gasteiger partial charge in [-0.05, 0) is 31.2 Å². The Morgan fingerprint density at radius 2 is 2.17 bits per heavy atom. The van der Waals surface area contributed by atoms with Crippen molar-refractivity contribution in [3.05, 3.63) is 58.7 Å². The minimum absolute atomic E-state index is 0.0112. The summed E-state index contributed by atoms with van der Waals surface area (Å²) in [5.74, 6) is -0.548. The molecule has 0 radical (unpaired) electrons. The molecule has 3 rings (SSSR count). The average Bonchev–Trinajstić information content (AvgIpc) is 2.72. The number of rotatable bonds is 1. The lowest BCUT2D eigenvalue weighted by atomic mass is 9.98. The number of hydrogen-bond acceptors (Lipinski definition) is 7. The monoisotopic (exact) mass is 520 g/mol. The molecule has 1 amide bonds. The molecule has 0 saturated carbocycles. The number of aromatic nitrogens is 1. The van der Waals surface area contributed by atoms with Gasteiger partial charge in [0, 0.05) is 41.2 Å². The van der Waals surface area contributed by atoms with Crippen LogP contribution in [-0.2, 0) is 0 Å². The largest absolute Gasteiger partial charge is 0.482 e. The molecule has 0 aliphatic carbocycles. The maximum atomic E-state index is 13.9. The highest BCUT2D eigenvalue weighted by molar-refractivity contribution is 14.1. The second kappa shape index (κ2) is 8.66.